The molecular weight excluding hydrogens is 186 g/mol. The molecule has 0 heterocycles. The predicted octanol–water partition coefficient (Wildman–Crippen LogP) is 2.86. The first-order valence-corrected chi connectivity index (χ1v) is 6.22. The van der Waals surface area contributed by atoms with Gasteiger partial charge in [-0.05, 0) is 52.5 Å². The van der Waals surface area contributed by atoms with E-state index in [2.05, 4.69) is 25.8 Å². The first-order valence-electron chi connectivity index (χ1n) is 6.22. The molecule has 1 aliphatic carbocycles. The highest BCUT2D eigenvalue weighted by Crippen LogP contribution is 2.27. The number of hydrogen-bond donors (Lipinski definition) is 0. The second-order valence-corrected chi connectivity index (χ2v) is 5.33. The molecule has 1 atom stereocenters. The largest absolute Gasteiger partial charge is 0.300 e. The Balaban J connectivity index is 2.38. The van der Waals surface area contributed by atoms with Crippen LogP contribution in [0.15, 0.2) is 0 Å². The van der Waals surface area contributed by atoms with Gasteiger partial charge in [-0.3, -0.25) is 4.79 Å². The lowest BCUT2D eigenvalue weighted by Gasteiger charge is -2.37. The number of carbonyl (C=O) groups excluding carboxylic acids is 1. The summed E-state index contributed by atoms with van der Waals surface area (Å²) in [5.74, 6) is 1.20. The summed E-state index contributed by atoms with van der Waals surface area (Å²) in [6, 6.07) is 1.11. The van der Waals surface area contributed by atoms with E-state index in [-0.39, 0.29) is 0 Å². The van der Waals surface area contributed by atoms with Gasteiger partial charge in [0.1, 0.15) is 5.78 Å². The van der Waals surface area contributed by atoms with Crippen LogP contribution in [0.25, 0.3) is 0 Å². The first-order chi connectivity index (χ1) is 7.00. The van der Waals surface area contributed by atoms with Crippen LogP contribution >= 0.6 is 0 Å². The van der Waals surface area contributed by atoms with Gasteiger partial charge >= 0.3 is 0 Å². The molecule has 0 aromatic rings. The van der Waals surface area contributed by atoms with Gasteiger partial charge in [-0.25, -0.2) is 0 Å². The summed E-state index contributed by atoms with van der Waals surface area (Å²) in [4.78, 5) is 13.5. The maximum Gasteiger partial charge on any atom is 0.131 e. The number of rotatable bonds is 4. The van der Waals surface area contributed by atoms with E-state index in [1.54, 1.807) is 6.92 Å². The number of carbonyl (C=O) groups is 1. The van der Waals surface area contributed by atoms with Gasteiger partial charge in [0.2, 0.25) is 0 Å². The highest BCUT2D eigenvalue weighted by Gasteiger charge is 2.24. The van der Waals surface area contributed by atoms with E-state index < -0.39 is 0 Å². The lowest BCUT2D eigenvalue weighted by Crippen LogP contribution is -2.41. The Kier molecular flexibility index (Phi) is 4.78. The molecule has 1 rings (SSSR count). The molecule has 0 N–H and O–H groups in total. The predicted molar refractivity (Wildman–Crippen MR) is 63.9 cm³/mol. The van der Waals surface area contributed by atoms with E-state index in [0.717, 1.165) is 5.92 Å². The first kappa shape index (κ1) is 12.7. The van der Waals surface area contributed by atoms with Gasteiger partial charge in [0.25, 0.3) is 0 Å². The van der Waals surface area contributed by atoms with Crippen molar-refractivity contribution in [3.05, 3.63) is 0 Å². The van der Waals surface area contributed by atoms with Crippen molar-refractivity contribution in [2.45, 2.75) is 65.0 Å². The minimum absolute atomic E-state index is 0.304. The van der Waals surface area contributed by atoms with Crippen molar-refractivity contribution in [1.82, 2.24) is 4.90 Å². The number of ketones is 1. The fourth-order valence-corrected chi connectivity index (χ4v) is 2.57. The molecule has 88 valence electrons. The van der Waals surface area contributed by atoms with Crippen LogP contribution in [0.3, 0.4) is 0 Å². The Bertz CT molecular complexity index is 207. The van der Waals surface area contributed by atoms with Crippen molar-refractivity contribution in [2.75, 3.05) is 7.05 Å². The Morgan fingerprint density at radius 1 is 1.33 bits per heavy atom. The van der Waals surface area contributed by atoms with Crippen molar-refractivity contribution < 1.29 is 4.79 Å². The summed E-state index contributed by atoms with van der Waals surface area (Å²) in [6.45, 7) is 6.20. The van der Waals surface area contributed by atoms with Gasteiger partial charge in [0.05, 0.1) is 0 Å². The molecule has 1 saturated carbocycles. The van der Waals surface area contributed by atoms with Crippen LogP contribution in [-0.4, -0.2) is 29.8 Å². The topological polar surface area (TPSA) is 20.3 Å². The van der Waals surface area contributed by atoms with Crippen molar-refractivity contribution in [1.29, 1.82) is 0 Å². The summed E-state index contributed by atoms with van der Waals surface area (Å²) in [5.41, 5.74) is 0. The third-order valence-electron chi connectivity index (χ3n) is 3.84. The van der Waals surface area contributed by atoms with Crippen LogP contribution in [0.4, 0.5) is 0 Å². The maximum absolute atomic E-state index is 11.1. The monoisotopic (exact) mass is 211 g/mol. The van der Waals surface area contributed by atoms with Crippen LogP contribution in [-0.2, 0) is 4.79 Å². The van der Waals surface area contributed by atoms with Gasteiger partial charge in [0.15, 0.2) is 0 Å². The summed E-state index contributed by atoms with van der Waals surface area (Å²) >= 11 is 0. The molecule has 0 spiro atoms. The fraction of sp³-hybridized carbons (Fsp3) is 0.923. The Morgan fingerprint density at radius 3 is 2.33 bits per heavy atom. The average molecular weight is 211 g/mol. The van der Waals surface area contributed by atoms with Gasteiger partial charge in [-0.2, -0.15) is 0 Å². The third-order valence-corrected chi connectivity index (χ3v) is 3.84. The minimum Gasteiger partial charge on any atom is -0.300 e. The van der Waals surface area contributed by atoms with Crippen LogP contribution < -0.4 is 0 Å². The normalized spacial score (nSPS) is 29.1. The maximum atomic E-state index is 11.1. The highest BCUT2D eigenvalue weighted by molar-refractivity contribution is 5.76. The Hall–Kier alpha value is -0.370. The zero-order valence-electron chi connectivity index (χ0n) is 10.6. The van der Waals surface area contributed by atoms with Gasteiger partial charge in [-0.1, -0.05) is 6.92 Å². The molecule has 1 unspecified atom stereocenters. The molecule has 0 amide bonds. The molecule has 0 aromatic carbocycles. The molecule has 0 aromatic heterocycles. The van der Waals surface area contributed by atoms with Crippen molar-refractivity contribution in [3.8, 4) is 0 Å². The molecule has 2 nitrogen and oxygen atoms in total. The fourth-order valence-electron chi connectivity index (χ4n) is 2.57. The van der Waals surface area contributed by atoms with E-state index in [9.17, 15) is 4.79 Å². The van der Waals surface area contributed by atoms with Gasteiger partial charge in [-0.15, -0.1) is 0 Å². The summed E-state index contributed by atoms with van der Waals surface area (Å²) in [5, 5.41) is 0. The molecule has 0 aliphatic heterocycles. The van der Waals surface area contributed by atoms with Gasteiger partial charge < -0.3 is 4.90 Å². The van der Waals surface area contributed by atoms with E-state index >= 15 is 0 Å². The molecule has 0 bridgehead atoms. The summed E-state index contributed by atoms with van der Waals surface area (Å²) < 4.78 is 0. The number of nitrogens with zero attached hydrogens (tertiary/aromatic N) is 1. The van der Waals surface area contributed by atoms with Crippen LogP contribution in [0.5, 0.6) is 0 Å². The molecule has 15 heavy (non-hydrogen) atoms. The Morgan fingerprint density at radius 2 is 1.87 bits per heavy atom. The van der Waals surface area contributed by atoms with E-state index in [1.165, 1.54) is 25.7 Å². The second kappa shape index (κ2) is 5.64. The molecule has 0 radical (unpaired) electrons. The standard InChI is InChI=1S/C13H25NO/c1-10-5-7-13(8-6-10)14(4)11(2)9-12(3)15/h10-11,13H,5-9H2,1-4H3. The molecule has 1 aliphatic rings. The molecule has 2 heteroatoms. The SMILES string of the molecule is CC(=O)CC(C)N(C)C1CCC(C)CC1. The van der Waals surface area contributed by atoms with E-state index in [0.29, 0.717) is 24.3 Å². The van der Waals surface area contributed by atoms with Gasteiger partial charge in [0, 0.05) is 18.5 Å². The minimum atomic E-state index is 0.304. The molecular formula is C13H25NO. The molecule has 0 saturated heterocycles. The average Bonchev–Trinajstić information content (AvgIpc) is 2.17. The second-order valence-electron chi connectivity index (χ2n) is 5.33. The van der Waals surface area contributed by atoms with Crippen LogP contribution in [0.1, 0.15) is 52.9 Å². The zero-order chi connectivity index (χ0) is 11.4. The lowest BCUT2D eigenvalue weighted by atomic mass is 9.86. The van der Waals surface area contributed by atoms with Crippen LogP contribution in [0, 0.1) is 5.92 Å². The van der Waals surface area contributed by atoms with Crippen LogP contribution in [0.2, 0.25) is 0 Å². The van der Waals surface area contributed by atoms with Crippen molar-refractivity contribution in [3.63, 3.8) is 0 Å². The summed E-state index contributed by atoms with van der Waals surface area (Å²) in [7, 11) is 2.17. The highest BCUT2D eigenvalue weighted by atomic mass is 16.1. The third kappa shape index (κ3) is 3.94. The zero-order valence-corrected chi connectivity index (χ0v) is 10.6. The lowest BCUT2D eigenvalue weighted by molar-refractivity contribution is -0.118. The van der Waals surface area contributed by atoms with E-state index in [1.807, 2.05) is 0 Å². The van der Waals surface area contributed by atoms with E-state index in [4.69, 9.17) is 0 Å². The quantitative estimate of drug-likeness (QED) is 0.712. The summed E-state index contributed by atoms with van der Waals surface area (Å²) in [6.07, 6.45) is 6.01. The van der Waals surface area contributed by atoms with Crippen molar-refractivity contribution in [2.24, 2.45) is 5.92 Å². The molecule has 1 fully saturated rings. The number of Topliss-reactive ketones (excluding diaryl/α,β-unsaturated/α-hetero) is 1. The van der Waals surface area contributed by atoms with Crippen molar-refractivity contribution >= 4 is 5.78 Å². The smallest absolute Gasteiger partial charge is 0.131 e. The number of hydrogen-bond acceptors (Lipinski definition) is 2. The Labute approximate surface area is 94.0 Å².